The molecule has 54 heavy (non-hydrogen) atoms. The third-order valence-electron chi connectivity index (χ3n) is 10.4. The van der Waals surface area contributed by atoms with Crippen LogP contribution in [-0.4, -0.2) is 19.5 Å². The first kappa shape index (κ1) is 30.3. The highest BCUT2D eigenvalue weighted by molar-refractivity contribution is 6.22. The molecule has 0 fully saturated rings. The molecule has 0 aliphatic rings. The van der Waals surface area contributed by atoms with Crippen molar-refractivity contribution in [2.45, 2.75) is 0 Å². The van der Waals surface area contributed by atoms with Crippen molar-refractivity contribution in [3.05, 3.63) is 182 Å². The zero-order valence-corrected chi connectivity index (χ0v) is 29.0. The van der Waals surface area contributed by atoms with Crippen LogP contribution in [0.5, 0.6) is 0 Å². The summed E-state index contributed by atoms with van der Waals surface area (Å²) in [5.74, 6) is 1.84. The first-order valence-electron chi connectivity index (χ1n) is 18.1. The molecule has 0 aliphatic carbocycles. The fraction of sp³-hybridized carbons (Fsp3) is 0. The summed E-state index contributed by atoms with van der Waals surface area (Å²) in [5.41, 5.74) is 10.00. The molecule has 0 radical (unpaired) electrons. The van der Waals surface area contributed by atoms with E-state index in [2.05, 4.69) is 120 Å². The largest absolute Gasteiger partial charge is 0.455 e. The Balaban J connectivity index is 1.26. The fourth-order valence-electron chi connectivity index (χ4n) is 7.97. The molecule has 11 rings (SSSR count). The van der Waals surface area contributed by atoms with Gasteiger partial charge in [0.15, 0.2) is 17.5 Å². The van der Waals surface area contributed by atoms with E-state index >= 15 is 0 Å². The van der Waals surface area contributed by atoms with Crippen molar-refractivity contribution in [1.29, 1.82) is 0 Å². The second kappa shape index (κ2) is 12.1. The van der Waals surface area contributed by atoms with Gasteiger partial charge >= 0.3 is 0 Å². The average molecular weight is 691 g/mol. The molecule has 0 amide bonds. The fourth-order valence-corrected chi connectivity index (χ4v) is 7.97. The second-order valence-electron chi connectivity index (χ2n) is 13.6. The van der Waals surface area contributed by atoms with E-state index < -0.39 is 0 Å². The maximum atomic E-state index is 6.88. The van der Waals surface area contributed by atoms with Gasteiger partial charge in [0, 0.05) is 38.2 Å². The van der Waals surface area contributed by atoms with Gasteiger partial charge in [0.1, 0.15) is 11.2 Å². The predicted octanol–water partition coefficient (Wildman–Crippen LogP) is 12.7. The highest BCUT2D eigenvalue weighted by Gasteiger charge is 2.22. The van der Waals surface area contributed by atoms with Gasteiger partial charge in [-0.3, -0.25) is 0 Å². The van der Waals surface area contributed by atoms with Crippen LogP contribution in [0.3, 0.4) is 0 Å². The van der Waals surface area contributed by atoms with Gasteiger partial charge in [-0.05, 0) is 59.0 Å². The average Bonchev–Trinajstić information content (AvgIpc) is 3.80. The van der Waals surface area contributed by atoms with Gasteiger partial charge in [-0.2, -0.15) is 0 Å². The molecule has 5 nitrogen and oxygen atoms in total. The molecule has 0 spiro atoms. The molecule has 252 valence electrons. The molecule has 5 heteroatoms. The Morgan fingerprint density at radius 2 is 0.926 bits per heavy atom. The maximum absolute atomic E-state index is 6.88. The molecule has 11 aromatic rings. The van der Waals surface area contributed by atoms with Crippen LogP contribution in [0.4, 0.5) is 0 Å². The number of rotatable bonds is 5. The van der Waals surface area contributed by atoms with E-state index in [1.165, 1.54) is 10.8 Å². The molecular formula is C49H30N4O. The Morgan fingerprint density at radius 1 is 0.370 bits per heavy atom. The minimum absolute atomic E-state index is 0.600. The van der Waals surface area contributed by atoms with Gasteiger partial charge < -0.3 is 8.98 Å². The van der Waals surface area contributed by atoms with Gasteiger partial charge in [0.05, 0.1) is 22.1 Å². The lowest BCUT2D eigenvalue weighted by Crippen LogP contribution is -2.00. The summed E-state index contributed by atoms with van der Waals surface area (Å²) in [7, 11) is 0. The van der Waals surface area contributed by atoms with Gasteiger partial charge in [-0.15, -0.1) is 0 Å². The number of para-hydroxylation sites is 2. The van der Waals surface area contributed by atoms with Crippen LogP contribution in [-0.2, 0) is 0 Å². The van der Waals surface area contributed by atoms with E-state index in [4.69, 9.17) is 19.4 Å². The number of fused-ring (bicyclic) bond motifs is 8. The normalized spacial score (nSPS) is 11.7. The summed E-state index contributed by atoms with van der Waals surface area (Å²) in [6, 6.07) is 63.2. The van der Waals surface area contributed by atoms with Gasteiger partial charge in [0.25, 0.3) is 0 Å². The lowest BCUT2D eigenvalue weighted by Gasteiger charge is -2.13. The molecule has 0 N–H and O–H groups in total. The molecule has 3 heterocycles. The number of furan rings is 1. The second-order valence-corrected chi connectivity index (χ2v) is 13.6. The molecule has 0 unspecified atom stereocenters. The molecular weight excluding hydrogens is 661 g/mol. The topological polar surface area (TPSA) is 56.7 Å². The zero-order valence-electron chi connectivity index (χ0n) is 29.0. The molecule has 0 atom stereocenters. The summed E-state index contributed by atoms with van der Waals surface area (Å²) < 4.78 is 9.25. The van der Waals surface area contributed by atoms with Gasteiger partial charge in [-0.1, -0.05) is 140 Å². The van der Waals surface area contributed by atoms with Crippen LogP contribution in [0, 0.1) is 0 Å². The number of hydrogen-bond acceptors (Lipinski definition) is 4. The third-order valence-corrected chi connectivity index (χ3v) is 10.4. The predicted molar refractivity (Wildman–Crippen MR) is 221 cm³/mol. The first-order chi connectivity index (χ1) is 26.8. The van der Waals surface area contributed by atoms with E-state index in [1.807, 2.05) is 66.7 Å². The Hall–Kier alpha value is -7.37. The van der Waals surface area contributed by atoms with Crippen LogP contribution in [0.2, 0.25) is 0 Å². The zero-order chi connectivity index (χ0) is 35.6. The first-order valence-corrected chi connectivity index (χ1v) is 18.1. The van der Waals surface area contributed by atoms with Crippen LogP contribution >= 0.6 is 0 Å². The highest BCUT2D eigenvalue weighted by Crippen LogP contribution is 2.44. The lowest BCUT2D eigenvalue weighted by atomic mass is 9.95. The van der Waals surface area contributed by atoms with E-state index in [-0.39, 0.29) is 0 Å². The van der Waals surface area contributed by atoms with Crippen molar-refractivity contribution < 1.29 is 4.42 Å². The van der Waals surface area contributed by atoms with Gasteiger partial charge in [0.2, 0.25) is 0 Å². The van der Waals surface area contributed by atoms with Crippen LogP contribution in [0.15, 0.2) is 186 Å². The molecule has 0 aliphatic heterocycles. The smallest absolute Gasteiger partial charge is 0.164 e. The molecule has 0 saturated heterocycles. The van der Waals surface area contributed by atoms with Crippen molar-refractivity contribution in [2.24, 2.45) is 0 Å². The summed E-state index contributed by atoms with van der Waals surface area (Å²) in [5, 5.41) is 6.46. The van der Waals surface area contributed by atoms with Crippen molar-refractivity contribution in [2.75, 3.05) is 0 Å². The minimum atomic E-state index is 0.600. The number of nitrogens with zero attached hydrogens (tertiary/aromatic N) is 4. The highest BCUT2D eigenvalue weighted by atomic mass is 16.3. The van der Waals surface area contributed by atoms with Gasteiger partial charge in [-0.25, -0.2) is 15.0 Å². The standard InChI is InChI=1S/C49H30N4O/c1-4-15-31(16-5-1)34-27-28-37-38(29-34)39(49-51-47(32-17-6-2-7-18-32)50-48(52-49)33-19-8-3-9-20-33)30-40-45-43(25-14-26-44(45)54-46(37)40)53-41-23-12-10-21-35(41)36-22-11-13-24-42(36)53/h1-30H. The van der Waals surface area contributed by atoms with Crippen molar-refractivity contribution in [3.63, 3.8) is 0 Å². The summed E-state index contributed by atoms with van der Waals surface area (Å²) >= 11 is 0. The lowest BCUT2D eigenvalue weighted by molar-refractivity contribution is 0.672. The van der Waals surface area contributed by atoms with E-state index in [0.717, 1.165) is 77.2 Å². The summed E-state index contributed by atoms with van der Waals surface area (Å²) in [6.45, 7) is 0. The Labute approximate surface area is 310 Å². The quantitative estimate of drug-likeness (QED) is 0.180. The Bertz CT molecular complexity index is 3090. The number of hydrogen-bond donors (Lipinski definition) is 0. The molecule has 8 aromatic carbocycles. The monoisotopic (exact) mass is 690 g/mol. The van der Waals surface area contributed by atoms with Crippen molar-refractivity contribution in [1.82, 2.24) is 19.5 Å². The molecule has 3 aromatic heterocycles. The van der Waals surface area contributed by atoms with E-state index in [9.17, 15) is 0 Å². The molecule has 0 bridgehead atoms. The SMILES string of the molecule is c1ccc(-c2ccc3c(c2)c(-c2nc(-c4ccccc4)nc(-c4ccccc4)n2)cc2c3oc3cccc(-n4c5ccccc5c5ccccc54)c32)cc1. The summed E-state index contributed by atoms with van der Waals surface area (Å²) in [4.78, 5) is 15.4. The van der Waals surface area contributed by atoms with Crippen molar-refractivity contribution >= 4 is 54.5 Å². The number of aromatic nitrogens is 4. The Morgan fingerprint density at radius 3 is 1.56 bits per heavy atom. The summed E-state index contributed by atoms with van der Waals surface area (Å²) in [6.07, 6.45) is 0. The number of benzene rings is 8. The van der Waals surface area contributed by atoms with Crippen LogP contribution in [0.1, 0.15) is 0 Å². The van der Waals surface area contributed by atoms with E-state index in [1.54, 1.807) is 0 Å². The van der Waals surface area contributed by atoms with Crippen LogP contribution in [0.25, 0.3) is 105 Å². The maximum Gasteiger partial charge on any atom is 0.164 e. The van der Waals surface area contributed by atoms with E-state index in [0.29, 0.717) is 17.5 Å². The van der Waals surface area contributed by atoms with Crippen LogP contribution < -0.4 is 0 Å². The van der Waals surface area contributed by atoms with Crippen molar-refractivity contribution in [3.8, 4) is 51.0 Å². The molecule has 0 saturated carbocycles. The Kier molecular flexibility index (Phi) is 6.79. The third kappa shape index (κ3) is 4.76. The minimum Gasteiger partial charge on any atom is -0.455 e.